The fourth-order valence-electron chi connectivity index (χ4n) is 3.35. The van der Waals surface area contributed by atoms with Crippen LogP contribution in [0.5, 0.6) is 0 Å². The van der Waals surface area contributed by atoms with Crippen LogP contribution in [0, 0.1) is 0 Å². The van der Waals surface area contributed by atoms with E-state index in [0.29, 0.717) is 18.5 Å². The average Bonchev–Trinajstić information content (AvgIpc) is 3.17. The SMILES string of the molecule is O=C(c1ccc(S(=O)(=O)NCC[C@@H]2CCCCO2)cc1)N1CCCC1. The van der Waals surface area contributed by atoms with Gasteiger partial charge in [0.15, 0.2) is 0 Å². The molecule has 0 aromatic heterocycles. The van der Waals surface area contributed by atoms with Crippen molar-refractivity contribution in [1.29, 1.82) is 0 Å². The lowest BCUT2D eigenvalue weighted by Gasteiger charge is -2.22. The maximum Gasteiger partial charge on any atom is 0.253 e. The highest BCUT2D eigenvalue weighted by Gasteiger charge is 2.21. The van der Waals surface area contributed by atoms with Gasteiger partial charge in [-0.1, -0.05) is 0 Å². The van der Waals surface area contributed by atoms with Gasteiger partial charge in [0.1, 0.15) is 0 Å². The Morgan fingerprint density at radius 3 is 2.48 bits per heavy atom. The molecule has 0 saturated carbocycles. The van der Waals surface area contributed by atoms with E-state index in [1.807, 2.05) is 4.90 Å². The number of nitrogens with zero attached hydrogens (tertiary/aromatic N) is 1. The third-order valence-corrected chi connectivity index (χ3v) is 6.31. The molecular formula is C18H26N2O4S. The Balaban J connectivity index is 1.55. The number of sulfonamides is 1. The molecule has 3 rings (SSSR count). The monoisotopic (exact) mass is 366 g/mol. The first-order chi connectivity index (χ1) is 12.1. The minimum Gasteiger partial charge on any atom is -0.378 e. The topological polar surface area (TPSA) is 75.7 Å². The molecule has 2 heterocycles. The molecule has 0 aliphatic carbocycles. The average molecular weight is 366 g/mol. The first-order valence-electron chi connectivity index (χ1n) is 9.07. The fourth-order valence-corrected chi connectivity index (χ4v) is 4.40. The van der Waals surface area contributed by atoms with Gasteiger partial charge in [-0.05, 0) is 62.8 Å². The number of carbonyl (C=O) groups excluding carboxylic acids is 1. The Bertz CT molecular complexity index is 676. The van der Waals surface area contributed by atoms with Crippen LogP contribution in [0.3, 0.4) is 0 Å². The molecule has 7 heteroatoms. The summed E-state index contributed by atoms with van der Waals surface area (Å²) >= 11 is 0. The molecule has 1 aromatic carbocycles. The number of amides is 1. The molecule has 2 saturated heterocycles. The van der Waals surface area contributed by atoms with E-state index in [9.17, 15) is 13.2 Å². The van der Waals surface area contributed by atoms with E-state index in [-0.39, 0.29) is 16.9 Å². The molecule has 1 amide bonds. The first kappa shape index (κ1) is 18.4. The number of carbonyl (C=O) groups is 1. The van der Waals surface area contributed by atoms with E-state index in [0.717, 1.165) is 51.8 Å². The van der Waals surface area contributed by atoms with E-state index in [2.05, 4.69) is 4.72 Å². The molecule has 2 aliphatic heterocycles. The summed E-state index contributed by atoms with van der Waals surface area (Å²) in [4.78, 5) is 14.3. The summed E-state index contributed by atoms with van der Waals surface area (Å²) < 4.78 is 33.0. The highest BCUT2D eigenvalue weighted by atomic mass is 32.2. The molecule has 6 nitrogen and oxygen atoms in total. The molecule has 2 fully saturated rings. The largest absolute Gasteiger partial charge is 0.378 e. The van der Waals surface area contributed by atoms with Crippen LogP contribution in [0.15, 0.2) is 29.2 Å². The predicted octanol–water partition coefficient (Wildman–Crippen LogP) is 2.16. The van der Waals surface area contributed by atoms with Crippen molar-refractivity contribution < 1.29 is 17.9 Å². The number of ether oxygens (including phenoxy) is 1. The van der Waals surface area contributed by atoms with E-state index in [1.165, 1.54) is 12.1 Å². The molecule has 1 aromatic rings. The normalized spacial score (nSPS) is 21.4. The van der Waals surface area contributed by atoms with Crippen LogP contribution < -0.4 is 4.72 Å². The van der Waals surface area contributed by atoms with Crippen molar-refractivity contribution in [3.63, 3.8) is 0 Å². The maximum absolute atomic E-state index is 12.4. The van der Waals surface area contributed by atoms with Crippen LogP contribution in [0.25, 0.3) is 0 Å². The summed E-state index contributed by atoms with van der Waals surface area (Å²) in [6, 6.07) is 6.20. The zero-order valence-corrected chi connectivity index (χ0v) is 15.3. The Morgan fingerprint density at radius 2 is 1.84 bits per heavy atom. The molecule has 1 N–H and O–H groups in total. The highest BCUT2D eigenvalue weighted by molar-refractivity contribution is 7.89. The number of hydrogen-bond donors (Lipinski definition) is 1. The quantitative estimate of drug-likeness (QED) is 0.837. The van der Waals surface area contributed by atoms with E-state index in [4.69, 9.17) is 4.74 Å². The number of rotatable bonds is 6. The van der Waals surface area contributed by atoms with Gasteiger partial charge in [0, 0.05) is 31.8 Å². The molecule has 0 radical (unpaired) electrons. The van der Waals surface area contributed by atoms with Gasteiger partial charge in [-0.15, -0.1) is 0 Å². The number of likely N-dealkylation sites (tertiary alicyclic amines) is 1. The van der Waals surface area contributed by atoms with Crippen LogP contribution in [-0.4, -0.2) is 51.6 Å². The van der Waals surface area contributed by atoms with E-state index < -0.39 is 10.0 Å². The van der Waals surface area contributed by atoms with Crippen molar-refractivity contribution >= 4 is 15.9 Å². The van der Waals surface area contributed by atoms with Crippen LogP contribution in [0.4, 0.5) is 0 Å². The third-order valence-electron chi connectivity index (χ3n) is 4.84. The van der Waals surface area contributed by atoms with Crippen LogP contribution in [-0.2, 0) is 14.8 Å². The lowest BCUT2D eigenvalue weighted by molar-refractivity contribution is 0.0123. The van der Waals surface area contributed by atoms with Crippen molar-refractivity contribution in [2.24, 2.45) is 0 Å². The van der Waals surface area contributed by atoms with Crippen molar-refractivity contribution in [2.45, 2.75) is 49.5 Å². The van der Waals surface area contributed by atoms with Gasteiger partial charge in [0.2, 0.25) is 10.0 Å². The van der Waals surface area contributed by atoms with Gasteiger partial charge in [-0.2, -0.15) is 0 Å². The summed E-state index contributed by atoms with van der Waals surface area (Å²) in [6.45, 7) is 2.69. The lowest BCUT2D eigenvalue weighted by atomic mass is 10.1. The summed E-state index contributed by atoms with van der Waals surface area (Å²) in [7, 11) is -3.55. The van der Waals surface area contributed by atoms with Crippen molar-refractivity contribution in [3.8, 4) is 0 Å². The number of benzene rings is 1. The lowest BCUT2D eigenvalue weighted by Crippen LogP contribution is -2.30. The minimum absolute atomic E-state index is 0.0242. The second kappa shape index (κ2) is 8.29. The number of hydrogen-bond acceptors (Lipinski definition) is 4. The van der Waals surface area contributed by atoms with Gasteiger partial charge >= 0.3 is 0 Å². The van der Waals surface area contributed by atoms with E-state index >= 15 is 0 Å². The Hall–Kier alpha value is -1.44. The standard InChI is InChI=1S/C18H26N2O4S/c21-18(20-12-2-3-13-20)15-6-8-17(9-7-15)25(22,23)19-11-10-16-5-1-4-14-24-16/h6-9,16,19H,1-5,10-14H2/t16-/m0/s1. The molecular weight excluding hydrogens is 340 g/mol. The second-order valence-electron chi connectivity index (χ2n) is 6.70. The third kappa shape index (κ3) is 4.80. The van der Waals surface area contributed by atoms with Gasteiger partial charge in [-0.25, -0.2) is 13.1 Å². The van der Waals surface area contributed by atoms with Gasteiger partial charge in [-0.3, -0.25) is 4.79 Å². The Kier molecular flexibility index (Phi) is 6.09. The smallest absolute Gasteiger partial charge is 0.253 e. The summed E-state index contributed by atoms with van der Waals surface area (Å²) in [5, 5.41) is 0. The van der Waals surface area contributed by atoms with Crippen molar-refractivity contribution in [1.82, 2.24) is 9.62 Å². The van der Waals surface area contributed by atoms with Crippen LogP contribution >= 0.6 is 0 Å². The Morgan fingerprint density at radius 1 is 1.12 bits per heavy atom. The summed E-state index contributed by atoms with van der Waals surface area (Å²) in [5.74, 6) is -0.0242. The highest BCUT2D eigenvalue weighted by Crippen LogP contribution is 2.17. The van der Waals surface area contributed by atoms with Gasteiger partial charge in [0.05, 0.1) is 11.0 Å². The minimum atomic E-state index is -3.55. The zero-order chi connectivity index (χ0) is 17.7. The summed E-state index contributed by atoms with van der Waals surface area (Å²) in [5.41, 5.74) is 0.538. The first-order valence-corrected chi connectivity index (χ1v) is 10.6. The van der Waals surface area contributed by atoms with Gasteiger partial charge < -0.3 is 9.64 Å². The zero-order valence-electron chi connectivity index (χ0n) is 14.4. The molecule has 0 bridgehead atoms. The van der Waals surface area contributed by atoms with Crippen LogP contribution in [0.2, 0.25) is 0 Å². The molecule has 25 heavy (non-hydrogen) atoms. The van der Waals surface area contributed by atoms with Crippen molar-refractivity contribution in [2.75, 3.05) is 26.2 Å². The number of nitrogens with one attached hydrogen (secondary N) is 1. The van der Waals surface area contributed by atoms with Crippen molar-refractivity contribution in [3.05, 3.63) is 29.8 Å². The second-order valence-corrected chi connectivity index (χ2v) is 8.47. The Labute approximate surface area is 149 Å². The van der Waals surface area contributed by atoms with Crippen LogP contribution in [0.1, 0.15) is 48.9 Å². The molecule has 2 aliphatic rings. The molecule has 138 valence electrons. The fraction of sp³-hybridized carbons (Fsp3) is 0.611. The summed E-state index contributed by atoms with van der Waals surface area (Å²) in [6.07, 6.45) is 6.13. The molecule has 0 spiro atoms. The maximum atomic E-state index is 12.4. The van der Waals surface area contributed by atoms with E-state index in [1.54, 1.807) is 12.1 Å². The molecule has 1 atom stereocenters. The molecule has 0 unspecified atom stereocenters. The predicted molar refractivity (Wildman–Crippen MR) is 95.0 cm³/mol. The van der Waals surface area contributed by atoms with Gasteiger partial charge in [0.25, 0.3) is 5.91 Å².